The largest absolute Gasteiger partial charge is 0.378 e. The molecule has 0 radical (unpaired) electrons. The number of unbranched alkanes of at least 4 members (excludes halogenated alkanes) is 1. The summed E-state index contributed by atoms with van der Waals surface area (Å²) in [4.78, 5) is 12.4. The van der Waals surface area contributed by atoms with Gasteiger partial charge in [0.2, 0.25) is 0 Å². The molecule has 0 N–H and O–H groups in total. The fraction of sp³-hybridized carbons (Fsp3) is 0.444. The van der Waals surface area contributed by atoms with Crippen molar-refractivity contribution in [3.8, 4) is 0 Å². The maximum atomic E-state index is 9.98. The first-order valence-corrected chi connectivity index (χ1v) is 11.5. The first-order chi connectivity index (χ1) is 15.4. The summed E-state index contributed by atoms with van der Waals surface area (Å²) in [5, 5.41) is 0. The normalized spacial score (nSPS) is 13.6. The van der Waals surface area contributed by atoms with Crippen molar-refractivity contribution in [1.82, 2.24) is 4.90 Å². The molecule has 0 unspecified atom stereocenters. The Hall–Kier alpha value is -2.43. The Morgan fingerprint density at radius 2 is 1.32 bits per heavy atom. The zero-order valence-electron chi connectivity index (χ0n) is 18.7. The molecule has 3 rings (SSSR count). The zero-order valence-corrected chi connectivity index (χ0v) is 18.7. The molecule has 1 heterocycles. The van der Waals surface area contributed by atoms with Gasteiger partial charge < -0.3 is 19.2 Å². The molecule has 1 saturated heterocycles. The molecule has 1 aliphatic rings. The highest BCUT2D eigenvalue weighted by atomic mass is 16.5. The highest BCUT2D eigenvalue weighted by Crippen LogP contribution is 2.09. The molecule has 0 atom stereocenters. The van der Waals surface area contributed by atoms with Crippen molar-refractivity contribution in [2.24, 2.45) is 0 Å². The van der Waals surface area contributed by atoms with Gasteiger partial charge in [-0.3, -0.25) is 0 Å². The van der Waals surface area contributed by atoms with Crippen LogP contribution in [0.15, 0.2) is 72.9 Å². The van der Waals surface area contributed by atoms with E-state index in [4.69, 9.17) is 9.47 Å². The third-order valence-corrected chi connectivity index (χ3v) is 4.97. The average molecular weight is 424 g/mol. The van der Waals surface area contributed by atoms with Crippen LogP contribution in [0.2, 0.25) is 0 Å². The Bertz CT molecular complexity index is 697. The third-order valence-electron chi connectivity index (χ3n) is 4.97. The Morgan fingerprint density at radius 1 is 0.742 bits per heavy atom. The number of benzene rings is 2. The van der Waals surface area contributed by atoms with Crippen LogP contribution in [0.5, 0.6) is 0 Å². The number of piperidine rings is 1. The van der Waals surface area contributed by atoms with E-state index < -0.39 is 0 Å². The minimum atomic E-state index is 0.592. The van der Waals surface area contributed by atoms with Crippen LogP contribution in [-0.4, -0.2) is 37.5 Å². The fourth-order valence-corrected chi connectivity index (χ4v) is 3.24. The molecule has 1 fully saturated rings. The van der Waals surface area contributed by atoms with Crippen molar-refractivity contribution < 1.29 is 14.3 Å². The van der Waals surface area contributed by atoms with Crippen LogP contribution in [0.25, 0.3) is 0 Å². The van der Waals surface area contributed by atoms with Gasteiger partial charge in [-0.1, -0.05) is 66.7 Å². The van der Waals surface area contributed by atoms with Crippen LogP contribution in [0.1, 0.15) is 49.7 Å². The summed E-state index contributed by atoms with van der Waals surface area (Å²) in [6.45, 7) is 5.27. The zero-order chi connectivity index (χ0) is 21.8. The predicted molar refractivity (Wildman–Crippen MR) is 127 cm³/mol. The number of carbonyl (C=O) groups excluding carboxylic acids is 1. The van der Waals surface area contributed by atoms with Gasteiger partial charge in [0.1, 0.15) is 6.29 Å². The van der Waals surface area contributed by atoms with E-state index in [-0.39, 0.29) is 0 Å². The quantitative estimate of drug-likeness (QED) is 0.321. The van der Waals surface area contributed by atoms with Gasteiger partial charge >= 0.3 is 0 Å². The predicted octanol–water partition coefficient (Wildman–Crippen LogP) is 5.78. The summed E-state index contributed by atoms with van der Waals surface area (Å²) in [5.74, 6) is 0. The minimum Gasteiger partial charge on any atom is -0.378 e. The van der Waals surface area contributed by atoms with E-state index in [0.717, 1.165) is 32.3 Å². The summed E-state index contributed by atoms with van der Waals surface area (Å²) in [6, 6.07) is 20.4. The lowest BCUT2D eigenvalue weighted by Crippen LogP contribution is -2.24. The van der Waals surface area contributed by atoms with E-state index in [1.807, 2.05) is 36.4 Å². The standard InChI is InChI=1S/C16H23NO.C11H14O2/c1-3-9-16(10-4-1)15-18-14-8-7-13-17-11-5-2-6-12-17;12-8-4-5-9-13-10-11-6-2-1-3-7-11/h1,3-4,7,9-10,13H,2,5-6,8,11-12,14-15H2;1-3,6-8H,4-5,9-10H2/b13-7+;. The molecule has 0 amide bonds. The molecule has 0 spiro atoms. The van der Waals surface area contributed by atoms with Crippen molar-refractivity contribution >= 4 is 6.29 Å². The van der Waals surface area contributed by atoms with Crippen LogP contribution in [0.4, 0.5) is 0 Å². The van der Waals surface area contributed by atoms with E-state index >= 15 is 0 Å². The molecule has 4 heteroatoms. The van der Waals surface area contributed by atoms with Gasteiger partial charge in [0.25, 0.3) is 0 Å². The maximum Gasteiger partial charge on any atom is 0.120 e. The van der Waals surface area contributed by atoms with Crippen molar-refractivity contribution in [2.45, 2.75) is 51.7 Å². The van der Waals surface area contributed by atoms with E-state index in [9.17, 15) is 4.79 Å². The Balaban J connectivity index is 0.000000233. The number of hydrogen-bond acceptors (Lipinski definition) is 4. The molecular formula is C27H37NO3. The molecule has 0 aliphatic carbocycles. The summed E-state index contributed by atoms with van der Waals surface area (Å²) in [5.41, 5.74) is 2.42. The lowest BCUT2D eigenvalue weighted by atomic mass is 10.1. The molecule has 168 valence electrons. The number of carbonyl (C=O) groups is 1. The van der Waals surface area contributed by atoms with Crippen LogP contribution in [0.3, 0.4) is 0 Å². The maximum absolute atomic E-state index is 9.98. The SMILES string of the molecule is C(=C\N1CCCCC1)/CCOCc1ccccc1.O=CCCCOCc1ccccc1. The summed E-state index contributed by atoms with van der Waals surface area (Å²) in [6.07, 6.45) is 11.9. The van der Waals surface area contributed by atoms with Crippen molar-refractivity contribution in [3.63, 3.8) is 0 Å². The van der Waals surface area contributed by atoms with E-state index in [0.29, 0.717) is 19.6 Å². The van der Waals surface area contributed by atoms with Crippen molar-refractivity contribution in [2.75, 3.05) is 26.3 Å². The second-order valence-corrected chi connectivity index (χ2v) is 7.66. The molecule has 0 aromatic heterocycles. The molecule has 31 heavy (non-hydrogen) atoms. The second kappa shape index (κ2) is 17.3. The van der Waals surface area contributed by atoms with Gasteiger partial charge in [0.05, 0.1) is 19.8 Å². The Morgan fingerprint density at radius 3 is 1.90 bits per heavy atom. The fourth-order valence-electron chi connectivity index (χ4n) is 3.24. The van der Waals surface area contributed by atoms with Crippen LogP contribution in [0, 0.1) is 0 Å². The topological polar surface area (TPSA) is 38.8 Å². The number of rotatable bonds is 12. The average Bonchev–Trinajstić information content (AvgIpc) is 2.84. The van der Waals surface area contributed by atoms with E-state index in [2.05, 4.69) is 41.4 Å². The number of likely N-dealkylation sites (tertiary alicyclic amines) is 1. The van der Waals surface area contributed by atoms with E-state index in [1.165, 1.54) is 43.5 Å². The minimum absolute atomic E-state index is 0.592. The number of nitrogens with zero attached hydrogens (tertiary/aromatic N) is 1. The lowest BCUT2D eigenvalue weighted by Gasteiger charge is -2.24. The third kappa shape index (κ3) is 12.8. The monoisotopic (exact) mass is 423 g/mol. The van der Waals surface area contributed by atoms with Crippen LogP contribution < -0.4 is 0 Å². The molecule has 4 nitrogen and oxygen atoms in total. The van der Waals surface area contributed by atoms with Crippen LogP contribution in [-0.2, 0) is 27.5 Å². The number of ether oxygens (including phenoxy) is 2. The Labute approximate surface area is 187 Å². The molecular weight excluding hydrogens is 386 g/mol. The van der Waals surface area contributed by atoms with Gasteiger partial charge in [-0.15, -0.1) is 0 Å². The summed E-state index contributed by atoms with van der Waals surface area (Å²) >= 11 is 0. The number of aldehydes is 1. The van der Waals surface area contributed by atoms with Gasteiger partial charge in [-0.05, 0) is 49.4 Å². The van der Waals surface area contributed by atoms with E-state index in [1.54, 1.807) is 0 Å². The summed E-state index contributed by atoms with van der Waals surface area (Å²) in [7, 11) is 0. The van der Waals surface area contributed by atoms with Crippen molar-refractivity contribution in [3.05, 3.63) is 84.1 Å². The lowest BCUT2D eigenvalue weighted by molar-refractivity contribution is -0.108. The molecule has 2 aromatic rings. The second-order valence-electron chi connectivity index (χ2n) is 7.66. The van der Waals surface area contributed by atoms with Crippen LogP contribution >= 0.6 is 0 Å². The molecule has 1 aliphatic heterocycles. The first kappa shape index (κ1) is 24.8. The Kier molecular flexibility index (Phi) is 13.8. The molecule has 2 aromatic carbocycles. The smallest absolute Gasteiger partial charge is 0.120 e. The van der Waals surface area contributed by atoms with Gasteiger partial charge in [-0.25, -0.2) is 0 Å². The van der Waals surface area contributed by atoms with Crippen molar-refractivity contribution in [1.29, 1.82) is 0 Å². The van der Waals surface area contributed by atoms with Gasteiger partial charge in [0.15, 0.2) is 0 Å². The molecule has 0 saturated carbocycles. The van der Waals surface area contributed by atoms with Gasteiger partial charge in [-0.2, -0.15) is 0 Å². The molecule has 0 bridgehead atoms. The highest BCUT2D eigenvalue weighted by molar-refractivity contribution is 5.48. The summed E-state index contributed by atoms with van der Waals surface area (Å²) < 4.78 is 11.0. The number of hydrogen-bond donors (Lipinski definition) is 0. The van der Waals surface area contributed by atoms with Gasteiger partial charge in [0, 0.05) is 26.1 Å². The highest BCUT2D eigenvalue weighted by Gasteiger charge is 2.04. The first-order valence-electron chi connectivity index (χ1n) is 11.5.